The number of carbonyl (C=O) groups excluding carboxylic acids is 2. The van der Waals surface area contributed by atoms with Crippen LogP contribution in [0.2, 0.25) is 0 Å². The van der Waals surface area contributed by atoms with Crippen LogP contribution in [-0.4, -0.2) is 12.1 Å². The van der Waals surface area contributed by atoms with Gasteiger partial charge < -0.3 is 4.79 Å². The quantitative estimate of drug-likeness (QED) is 0.564. The Morgan fingerprint density at radius 3 is 2.64 bits per heavy atom. The van der Waals surface area contributed by atoms with E-state index in [1.165, 1.54) is 0 Å². The summed E-state index contributed by atoms with van der Waals surface area (Å²) in [5.74, 6) is 0.696. The predicted molar refractivity (Wildman–Crippen MR) is 42.1 cm³/mol. The van der Waals surface area contributed by atoms with E-state index in [2.05, 4.69) is 6.92 Å². The Morgan fingerprint density at radius 2 is 2.27 bits per heavy atom. The van der Waals surface area contributed by atoms with Gasteiger partial charge in [0, 0.05) is 18.3 Å². The molecule has 0 radical (unpaired) electrons. The molecule has 3 atom stereocenters. The molecular formula is C9H14O2. The molecule has 1 aliphatic carbocycles. The number of Topliss-reactive ketones (excluding diaryl/α,β-unsaturated/α-hetero) is 1. The Bertz CT molecular complexity index is 174. The second kappa shape index (κ2) is 3.16. The van der Waals surface area contributed by atoms with Gasteiger partial charge in [0.05, 0.1) is 0 Å². The maximum Gasteiger partial charge on any atom is 0.136 e. The lowest BCUT2D eigenvalue weighted by Gasteiger charge is -2.09. The van der Waals surface area contributed by atoms with Crippen molar-refractivity contribution < 1.29 is 9.59 Å². The third-order valence-electron chi connectivity index (χ3n) is 2.47. The van der Waals surface area contributed by atoms with E-state index in [0.29, 0.717) is 12.3 Å². The minimum absolute atomic E-state index is 0.0162. The summed E-state index contributed by atoms with van der Waals surface area (Å²) in [6.45, 7) is 3.89. The van der Waals surface area contributed by atoms with Crippen LogP contribution in [0.25, 0.3) is 0 Å². The monoisotopic (exact) mass is 154 g/mol. The summed E-state index contributed by atoms with van der Waals surface area (Å²) in [6.07, 6.45) is 2.46. The number of carbonyl (C=O) groups is 2. The van der Waals surface area contributed by atoms with Crippen LogP contribution in [0.15, 0.2) is 0 Å². The lowest BCUT2D eigenvalue weighted by atomic mass is 9.92. The topological polar surface area (TPSA) is 34.1 Å². The van der Waals surface area contributed by atoms with E-state index in [9.17, 15) is 9.59 Å². The van der Waals surface area contributed by atoms with E-state index in [1.54, 1.807) is 0 Å². The van der Waals surface area contributed by atoms with Crippen molar-refractivity contribution in [3.63, 3.8) is 0 Å². The first kappa shape index (κ1) is 8.44. The normalized spacial score (nSPS) is 33.8. The molecule has 0 heterocycles. The lowest BCUT2D eigenvalue weighted by Crippen LogP contribution is -2.16. The van der Waals surface area contributed by atoms with Gasteiger partial charge in [0.25, 0.3) is 0 Å². The van der Waals surface area contributed by atoms with Crippen molar-refractivity contribution in [3.8, 4) is 0 Å². The number of hydrogen-bond acceptors (Lipinski definition) is 2. The molecule has 0 aliphatic heterocycles. The fourth-order valence-corrected chi connectivity index (χ4v) is 1.75. The molecular weight excluding hydrogens is 140 g/mol. The van der Waals surface area contributed by atoms with Crippen LogP contribution in [0, 0.1) is 17.8 Å². The van der Waals surface area contributed by atoms with Crippen molar-refractivity contribution in [2.24, 2.45) is 17.8 Å². The van der Waals surface area contributed by atoms with E-state index in [-0.39, 0.29) is 17.6 Å². The Labute approximate surface area is 67.0 Å². The number of hydrogen-bond donors (Lipinski definition) is 0. The molecule has 0 N–H and O–H groups in total. The molecule has 0 aromatic heterocycles. The van der Waals surface area contributed by atoms with E-state index >= 15 is 0 Å². The maximum absolute atomic E-state index is 11.2. The highest BCUT2D eigenvalue weighted by Gasteiger charge is 2.33. The maximum atomic E-state index is 11.2. The standard InChI is InChI=1S/C9H14O2/c1-6-3-8(7(2)5-10)9(11)4-6/h5-8H,3-4H2,1-2H3. The van der Waals surface area contributed by atoms with Gasteiger partial charge in [-0.05, 0) is 12.3 Å². The Hall–Kier alpha value is -0.660. The van der Waals surface area contributed by atoms with Crippen molar-refractivity contribution >= 4 is 12.1 Å². The van der Waals surface area contributed by atoms with Crippen molar-refractivity contribution in [3.05, 3.63) is 0 Å². The van der Waals surface area contributed by atoms with Gasteiger partial charge in [0.15, 0.2) is 0 Å². The summed E-state index contributed by atoms with van der Waals surface area (Å²) in [5.41, 5.74) is 0. The van der Waals surface area contributed by atoms with Crippen LogP contribution in [0.3, 0.4) is 0 Å². The van der Waals surface area contributed by atoms with Gasteiger partial charge in [-0.15, -0.1) is 0 Å². The van der Waals surface area contributed by atoms with Crippen LogP contribution >= 0.6 is 0 Å². The number of rotatable bonds is 2. The molecule has 1 saturated carbocycles. The van der Waals surface area contributed by atoms with Gasteiger partial charge in [-0.2, -0.15) is 0 Å². The van der Waals surface area contributed by atoms with Crippen LogP contribution in [0.4, 0.5) is 0 Å². The zero-order valence-electron chi connectivity index (χ0n) is 7.04. The minimum atomic E-state index is -0.0764. The molecule has 1 aliphatic rings. The van der Waals surface area contributed by atoms with Crippen molar-refractivity contribution in [1.29, 1.82) is 0 Å². The Morgan fingerprint density at radius 1 is 1.64 bits per heavy atom. The van der Waals surface area contributed by atoms with Crippen molar-refractivity contribution in [1.82, 2.24) is 0 Å². The molecule has 11 heavy (non-hydrogen) atoms. The van der Waals surface area contributed by atoms with Gasteiger partial charge >= 0.3 is 0 Å². The summed E-state index contributed by atoms with van der Waals surface area (Å²) in [4.78, 5) is 21.6. The van der Waals surface area contributed by atoms with E-state index in [1.807, 2.05) is 6.92 Å². The van der Waals surface area contributed by atoms with Gasteiger partial charge in [0.1, 0.15) is 12.1 Å². The highest BCUT2D eigenvalue weighted by atomic mass is 16.1. The fraction of sp³-hybridized carbons (Fsp3) is 0.778. The van der Waals surface area contributed by atoms with E-state index in [4.69, 9.17) is 0 Å². The average molecular weight is 154 g/mol. The molecule has 1 fully saturated rings. The fourth-order valence-electron chi connectivity index (χ4n) is 1.75. The molecule has 3 unspecified atom stereocenters. The Kier molecular flexibility index (Phi) is 2.42. The molecule has 62 valence electrons. The zero-order valence-corrected chi connectivity index (χ0v) is 7.04. The van der Waals surface area contributed by atoms with Crippen LogP contribution in [0.1, 0.15) is 26.7 Å². The largest absolute Gasteiger partial charge is 0.303 e. The molecule has 1 rings (SSSR count). The van der Waals surface area contributed by atoms with Crippen LogP contribution in [-0.2, 0) is 9.59 Å². The average Bonchev–Trinajstić information content (AvgIpc) is 2.28. The first-order valence-corrected chi connectivity index (χ1v) is 4.13. The molecule has 0 saturated heterocycles. The molecule has 2 nitrogen and oxygen atoms in total. The molecule has 0 spiro atoms. The minimum Gasteiger partial charge on any atom is -0.303 e. The van der Waals surface area contributed by atoms with Crippen LogP contribution in [0.5, 0.6) is 0 Å². The first-order chi connectivity index (χ1) is 5.15. The molecule has 0 aromatic carbocycles. The van der Waals surface area contributed by atoms with Gasteiger partial charge in [-0.25, -0.2) is 0 Å². The summed E-state index contributed by atoms with van der Waals surface area (Å²) >= 11 is 0. The SMILES string of the molecule is CC1CC(=O)C(C(C)C=O)C1. The molecule has 0 bridgehead atoms. The van der Waals surface area contributed by atoms with Crippen LogP contribution < -0.4 is 0 Å². The molecule has 0 amide bonds. The van der Waals surface area contributed by atoms with E-state index < -0.39 is 0 Å². The van der Waals surface area contributed by atoms with Gasteiger partial charge in [-0.3, -0.25) is 4.79 Å². The summed E-state index contributed by atoms with van der Waals surface area (Å²) in [7, 11) is 0. The molecule has 2 heteroatoms. The predicted octanol–water partition coefficient (Wildman–Crippen LogP) is 1.44. The summed E-state index contributed by atoms with van der Waals surface area (Å²) < 4.78 is 0. The van der Waals surface area contributed by atoms with Crippen molar-refractivity contribution in [2.45, 2.75) is 26.7 Å². The first-order valence-electron chi connectivity index (χ1n) is 4.13. The summed E-state index contributed by atoms with van der Waals surface area (Å²) in [5, 5.41) is 0. The number of ketones is 1. The third kappa shape index (κ3) is 1.67. The second-order valence-corrected chi connectivity index (χ2v) is 3.61. The lowest BCUT2D eigenvalue weighted by molar-refractivity contribution is -0.125. The summed E-state index contributed by atoms with van der Waals surface area (Å²) in [6, 6.07) is 0. The number of aldehydes is 1. The van der Waals surface area contributed by atoms with E-state index in [0.717, 1.165) is 12.7 Å². The molecule has 0 aromatic rings. The second-order valence-electron chi connectivity index (χ2n) is 3.61. The highest BCUT2D eigenvalue weighted by Crippen LogP contribution is 2.31. The highest BCUT2D eigenvalue weighted by molar-refractivity contribution is 5.85. The van der Waals surface area contributed by atoms with Crippen molar-refractivity contribution in [2.75, 3.05) is 0 Å². The van der Waals surface area contributed by atoms with Gasteiger partial charge in [0.2, 0.25) is 0 Å². The Balaban J connectivity index is 2.59. The third-order valence-corrected chi connectivity index (χ3v) is 2.47. The zero-order chi connectivity index (χ0) is 8.43. The van der Waals surface area contributed by atoms with Gasteiger partial charge in [-0.1, -0.05) is 13.8 Å². The smallest absolute Gasteiger partial charge is 0.136 e.